The van der Waals surface area contributed by atoms with E-state index in [0.717, 1.165) is 31.0 Å². The van der Waals surface area contributed by atoms with Crippen LogP contribution in [-0.2, 0) is 16.3 Å². The summed E-state index contributed by atoms with van der Waals surface area (Å²) in [7, 11) is -3.34. The maximum atomic E-state index is 14.7. The molecule has 1 aromatic heterocycles. The zero-order valence-corrected chi connectivity index (χ0v) is 20.4. The van der Waals surface area contributed by atoms with E-state index in [1.54, 1.807) is 19.1 Å². The number of nitrogens with zero attached hydrogens (tertiary/aromatic N) is 3. The van der Waals surface area contributed by atoms with Gasteiger partial charge in [0.15, 0.2) is 27.2 Å². The lowest BCUT2D eigenvalue weighted by Crippen LogP contribution is -2.27. The molecule has 6 nitrogen and oxygen atoms in total. The Morgan fingerprint density at radius 1 is 0.971 bits per heavy atom. The highest BCUT2D eigenvalue weighted by molar-refractivity contribution is 7.91. The number of anilines is 1. The molecule has 1 unspecified atom stereocenters. The van der Waals surface area contributed by atoms with E-state index in [1.165, 1.54) is 24.3 Å². The summed E-state index contributed by atoms with van der Waals surface area (Å²) in [4.78, 5) is 11.2. The molecule has 2 heterocycles. The molecule has 0 bridgehead atoms. The average molecular weight is 500 g/mol. The van der Waals surface area contributed by atoms with Crippen molar-refractivity contribution in [3.63, 3.8) is 0 Å². The van der Waals surface area contributed by atoms with Crippen molar-refractivity contribution in [2.24, 2.45) is 17.8 Å². The first-order valence-electron chi connectivity index (χ1n) is 11.8. The van der Waals surface area contributed by atoms with Gasteiger partial charge in [0.2, 0.25) is 5.95 Å². The second-order valence-corrected chi connectivity index (χ2v) is 11.4. The van der Waals surface area contributed by atoms with E-state index in [0.29, 0.717) is 23.0 Å². The molecule has 0 radical (unpaired) electrons. The van der Waals surface area contributed by atoms with Crippen LogP contribution in [0.25, 0.3) is 11.1 Å². The molecule has 0 amide bonds. The van der Waals surface area contributed by atoms with Gasteiger partial charge in [-0.25, -0.2) is 27.2 Å². The fraction of sp³-hybridized carbons (Fsp3) is 0.385. The highest BCUT2D eigenvalue weighted by Gasteiger charge is 2.56. The molecular weight excluding hydrogens is 472 g/mol. The van der Waals surface area contributed by atoms with E-state index < -0.39 is 21.5 Å². The summed E-state index contributed by atoms with van der Waals surface area (Å²) in [5.74, 6) is -0.138. The number of sulfone groups is 1. The molecule has 5 rings (SSSR count). The Bertz CT molecular complexity index is 1300. The summed E-state index contributed by atoms with van der Waals surface area (Å²) in [5, 5.41) is 0. The number of halogens is 2. The first-order valence-corrected chi connectivity index (χ1v) is 13.5. The van der Waals surface area contributed by atoms with Crippen LogP contribution < -0.4 is 9.64 Å². The molecule has 3 atom stereocenters. The topological polar surface area (TPSA) is 72.4 Å². The molecule has 1 saturated carbocycles. The zero-order chi connectivity index (χ0) is 24.7. The third-order valence-corrected chi connectivity index (χ3v) is 8.85. The van der Waals surface area contributed by atoms with Gasteiger partial charge in [-0.15, -0.1) is 0 Å². The normalized spacial score (nSPS) is 21.1. The van der Waals surface area contributed by atoms with E-state index in [-0.39, 0.29) is 28.9 Å². The van der Waals surface area contributed by atoms with Gasteiger partial charge in [0.25, 0.3) is 0 Å². The van der Waals surface area contributed by atoms with Gasteiger partial charge in [-0.1, -0.05) is 26.0 Å². The second-order valence-electron chi connectivity index (χ2n) is 9.15. The van der Waals surface area contributed by atoms with Crippen molar-refractivity contribution in [3.8, 4) is 16.9 Å². The van der Waals surface area contributed by atoms with Crippen molar-refractivity contribution in [1.29, 1.82) is 0 Å². The van der Waals surface area contributed by atoms with Crippen LogP contribution in [0.2, 0.25) is 0 Å². The Morgan fingerprint density at radius 2 is 1.57 bits per heavy atom. The molecular formula is C26H27F2N3O3S. The standard InChI is InChI=1S/C26H27F2N3O3S/c1-3-16-11-29-26(30-12-16)31-13-20-21(14-31)22(20)15-34-25-23(27)9-18(10-24(25)28)17-5-7-19(8-6-17)35(32,33)4-2/h5-12,20-22H,3-4,13-15H2,1-2H3/t20-,21+,22?. The molecule has 1 aliphatic heterocycles. The summed E-state index contributed by atoms with van der Waals surface area (Å²) in [6.07, 6.45) is 4.60. The summed E-state index contributed by atoms with van der Waals surface area (Å²) in [6, 6.07) is 8.43. The Hall–Kier alpha value is -3.07. The number of aromatic nitrogens is 2. The molecule has 1 saturated heterocycles. The number of aryl methyl sites for hydroxylation is 1. The van der Waals surface area contributed by atoms with Crippen LogP contribution in [0.15, 0.2) is 53.7 Å². The molecule has 9 heteroatoms. The van der Waals surface area contributed by atoms with E-state index in [2.05, 4.69) is 21.8 Å². The molecule has 35 heavy (non-hydrogen) atoms. The SMILES string of the molecule is CCc1cnc(N2C[C@@H]3C(COc4c(F)cc(-c5ccc(S(=O)(=O)CC)cc5)cc4F)[C@@H]3C2)nc1. The minimum atomic E-state index is -3.34. The fourth-order valence-corrected chi connectivity index (χ4v) is 5.70. The average Bonchev–Trinajstić information content (AvgIpc) is 3.31. The number of fused-ring (bicyclic) bond motifs is 1. The van der Waals surface area contributed by atoms with E-state index in [9.17, 15) is 17.2 Å². The lowest BCUT2D eigenvalue weighted by atomic mass is 10.1. The summed E-state index contributed by atoms with van der Waals surface area (Å²) in [6.45, 7) is 5.52. The van der Waals surface area contributed by atoms with Crippen LogP contribution in [0.4, 0.5) is 14.7 Å². The van der Waals surface area contributed by atoms with Gasteiger partial charge in [0.05, 0.1) is 17.3 Å². The van der Waals surface area contributed by atoms with Crippen molar-refractivity contribution in [2.75, 3.05) is 30.3 Å². The molecule has 2 fully saturated rings. The predicted octanol–water partition coefficient (Wildman–Crippen LogP) is 4.54. The van der Waals surface area contributed by atoms with Crippen molar-refractivity contribution >= 4 is 15.8 Å². The van der Waals surface area contributed by atoms with Gasteiger partial charge in [0.1, 0.15) is 0 Å². The first-order chi connectivity index (χ1) is 16.8. The minimum absolute atomic E-state index is 0.0117. The lowest BCUT2D eigenvalue weighted by molar-refractivity contribution is 0.257. The number of piperidine rings is 1. The fourth-order valence-electron chi connectivity index (χ4n) is 4.82. The van der Waals surface area contributed by atoms with Crippen LogP contribution in [0, 0.1) is 29.4 Å². The molecule has 0 spiro atoms. The summed E-state index contributed by atoms with van der Waals surface area (Å²) >= 11 is 0. The molecule has 184 valence electrons. The summed E-state index contributed by atoms with van der Waals surface area (Å²) < 4.78 is 59.0. The first kappa shape index (κ1) is 23.7. The highest BCUT2D eigenvalue weighted by Crippen LogP contribution is 2.52. The van der Waals surface area contributed by atoms with Crippen molar-refractivity contribution in [2.45, 2.75) is 25.2 Å². The Balaban J connectivity index is 1.20. The maximum Gasteiger partial charge on any atom is 0.225 e. The van der Waals surface area contributed by atoms with Gasteiger partial charge >= 0.3 is 0 Å². The van der Waals surface area contributed by atoms with Gasteiger partial charge < -0.3 is 9.64 Å². The van der Waals surface area contributed by atoms with E-state index >= 15 is 0 Å². The monoisotopic (exact) mass is 499 g/mol. The van der Waals surface area contributed by atoms with Gasteiger partial charge in [-0.05, 0) is 59.2 Å². The Morgan fingerprint density at radius 3 is 2.11 bits per heavy atom. The van der Waals surface area contributed by atoms with E-state index in [1.807, 2.05) is 12.4 Å². The van der Waals surface area contributed by atoms with Crippen molar-refractivity contribution < 1.29 is 21.9 Å². The van der Waals surface area contributed by atoms with Crippen LogP contribution in [0.3, 0.4) is 0 Å². The van der Waals surface area contributed by atoms with Gasteiger partial charge in [-0.3, -0.25) is 0 Å². The number of rotatable bonds is 8. The summed E-state index contributed by atoms with van der Waals surface area (Å²) in [5.41, 5.74) is 1.94. The van der Waals surface area contributed by atoms with Gasteiger partial charge in [-0.2, -0.15) is 0 Å². The smallest absolute Gasteiger partial charge is 0.225 e. The molecule has 0 N–H and O–H groups in total. The van der Waals surface area contributed by atoms with Crippen LogP contribution in [-0.4, -0.2) is 43.8 Å². The third kappa shape index (κ3) is 4.61. The van der Waals surface area contributed by atoms with Crippen molar-refractivity contribution in [1.82, 2.24) is 9.97 Å². The molecule has 1 aliphatic carbocycles. The van der Waals surface area contributed by atoms with Gasteiger partial charge in [0, 0.05) is 31.4 Å². The van der Waals surface area contributed by atoms with Crippen LogP contribution in [0.1, 0.15) is 19.4 Å². The number of benzene rings is 2. The minimum Gasteiger partial charge on any atom is -0.487 e. The van der Waals surface area contributed by atoms with E-state index in [4.69, 9.17) is 4.74 Å². The third-order valence-electron chi connectivity index (χ3n) is 7.10. The lowest BCUT2D eigenvalue weighted by Gasteiger charge is -2.20. The van der Waals surface area contributed by atoms with Crippen LogP contribution in [0.5, 0.6) is 5.75 Å². The predicted molar refractivity (Wildman–Crippen MR) is 129 cm³/mol. The maximum absolute atomic E-state index is 14.7. The second kappa shape index (κ2) is 9.18. The number of hydrogen-bond acceptors (Lipinski definition) is 6. The Labute approximate surface area is 203 Å². The molecule has 2 aliphatic rings. The quantitative estimate of drug-likeness (QED) is 0.453. The Kier molecular flexibility index (Phi) is 6.21. The number of hydrogen-bond donors (Lipinski definition) is 0. The largest absolute Gasteiger partial charge is 0.487 e. The van der Waals surface area contributed by atoms with Crippen molar-refractivity contribution in [3.05, 3.63) is 66.0 Å². The number of ether oxygens (including phenoxy) is 1. The zero-order valence-electron chi connectivity index (χ0n) is 19.6. The molecule has 3 aromatic rings. The van der Waals surface area contributed by atoms with Crippen LogP contribution >= 0.6 is 0 Å². The highest BCUT2D eigenvalue weighted by atomic mass is 32.2. The molecule has 2 aromatic carbocycles.